The molecule has 0 saturated carbocycles. The van der Waals surface area contributed by atoms with Crippen LogP contribution in [-0.4, -0.2) is 42.1 Å². The quantitative estimate of drug-likeness (QED) is 0.272. The molecule has 170 valence electrons. The second-order valence-corrected chi connectivity index (χ2v) is 8.87. The molecule has 0 aliphatic carbocycles. The lowest BCUT2D eigenvalue weighted by Gasteiger charge is -2.32. The van der Waals surface area contributed by atoms with Gasteiger partial charge in [-0.25, -0.2) is 0 Å². The minimum Gasteiger partial charge on any atom is -0.513 e. The van der Waals surface area contributed by atoms with E-state index in [0.717, 1.165) is 11.1 Å². The molecule has 31 heavy (non-hydrogen) atoms. The maximum Gasteiger partial charge on any atom is 0.498 e. The number of para-hydroxylation sites is 1. The van der Waals surface area contributed by atoms with Crippen LogP contribution in [0.1, 0.15) is 61.0 Å². The van der Waals surface area contributed by atoms with Gasteiger partial charge in [0.05, 0.1) is 30.0 Å². The van der Waals surface area contributed by atoms with Gasteiger partial charge in [-0.05, 0) is 67.0 Å². The van der Waals surface area contributed by atoms with Crippen molar-refractivity contribution in [1.82, 2.24) is 0 Å². The monoisotopic (exact) mass is 430 g/mol. The summed E-state index contributed by atoms with van der Waals surface area (Å²) >= 11 is 0. The van der Waals surface area contributed by atoms with E-state index in [9.17, 15) is 9.90 Å². The number of carbonyl (C=O) groups excluding carboxylic acids is 1. The topological polar surface area (TPSA) is 74.2 Å². The number of esters is 1. The summed E-state index contributed by atoms with van der Waals surface area (Å²) in [6.45, 7) is 15.5. The molecule has 0 spiro atoms. The summed E-state index contributed by atoms with van der Waals surface area (Å²) in [6, 6.07) is 7.42. The third-order valence-electron chi connectivity index (χ3n) is 5.87. The van der Waals surface area contributed by atoms with Crippen LogP contribution >= 0.6 is 0 Å². The van der Waals surface area contributed by atoms with Crippen molar-refractivity contribution in [2.24, 2.45) is 0 Å². The zero-order valence-electron chi connectivity index (χ0n) is 19.9. The van der Waals surface area contributed by atoms with E-state index in [1.54, 1.807) is 13.8 Å². The Morgan fingerprint density at radius 3 is 2.29 bits per heavy atom. The molecule has 1 aromatic carbocycles. The van der Waals surface area contributed by atoms with Crippen LogP contribution in [0.5, 0.6) is 5.75 Å². The smallest absolute Gasteiger partial charge is 0.498 e. The van der Waals surface area contributed by atoms with Gasteiger partial charge in [-0.15, -0.1) is 0 Å². The minimum absolute atomic E-state index is 0.132. The van der Waals surface area contributed by atoms with Gasteiger partial charge in [-0.1, -0.05) is 24.3 Å². The first kappa shape index (κ1) is 25.0. The van der Waals surface area contributed by atoms with Gasteiger partial charge in [0.15, 0.2) is 0 Å². The molecule has 0 amide bonds. The molecule has 1 aliphatic heterocycles. The van der Waals surface area contributed by atoms with Crippen LogP contribution in [0.3, 0.4) is 0 Å². The van der Waals surface area contributed by atoms with Crippen LogP contribution in [0.2, 0.25) is 0 Å². The molecule has 0 unspecified atom stereocenters. The average Bonchev–Trinajstić information content (AvgIpc) is 2.88. The van der Waals surface area contributed by atoms with Crippen molar-refractivity contribution in [1.29, 1.82) is 0 Å². The Morgan fingerprint density at radius 1 is 1.16 bits per heavy atom. The fraction of sp³-hybridized carbons (Fsp3) is 0.542. The lowest BCUT2D eigenvalue weighted by Crippen LogP contribution is -2.41. The molecule has 1 atom stereocenters. The van der Waals surface area contributed by atoms with E-state index in [1.807, 2.05) is 71.9 Å². The summed E-state index contributed by atoms with van der Waals surface area (Å²) < 4.78 is 23.4. The Hall–Kier alpha value is -2.25. The second-order valence-electron chi connectivity index (χ2n) is 8.87. The van der Waals surface area contributed by atoms with Crippen LogP contribution in [0.25, 0.3) is 0 Å². The van der Waals surface area contributed by atoms with E-state index in [1.165, 1.54) is 0 Å². The summed E-state index contributed by atoms with van der Waals surface area (Å²) in [4.78, 5) is 11.9. The SMILES string of the molecule is CCOC(=O)Cc1ccccc1O[C@H](C)/C(C)=C/C(B1OC(C)(C)C(C)(C)O1)=C(\C)O. The molecule has 0 bridgehead atoms. The molecule has 0 aromatic heterocycles. The molecule has 1 aromatic rings. The molecule has 2 rings (SSSR count). The molecular formula is C24H35BO6. The van der Waals surface area contributed by atoms with Gasteiger partial charge < -0.3 is 23.9 Å². The van der Waals surface area contributed by atoms with Crippen molar-refractivity contribution in [3.05, 3.63) is 52.7 Å². The predicted molar refractivity (Wildman–Crippen MR) is 122 cm³/mol. The molecule has 1 fully saturated rings. The summed E-state index contributed by atoms with van der Waals surface area (Å²) in [5.41, 5.74) is 1.19. The normalized spacial score (nSPS) is 19.6. The number of rotatable bonds is 8. The molecular weight excluding hydrogens is 395 g/mol. The number of benzene rings is 1. The number of hydrogen-bond acceptors (Lipinski definition) is 6. The van der Waals surface area contributed by atoms with Gasteiger partial charge in [0.1, 0.15) is 11.9 Å². The van der Waals surface area contributed by atoms with Gasteiger partial charge in [-0.2, -0.15) is 0 Å². The fourth-order valence-corrected chi connectivity index (χ4v) is 3.09. The molecule has 0 radical (unpaired) electrons. The third kappa shape index (κ3) is 6.14. The van der Waals surface area contributed by atoms with E-state index < -0.39 is 18.3 Å². The molecule has 1 heterocycles. The van der Waals surface area contributed by atoms with Gasteiger partial charge in [-0.3, -0.25) is 4.79 Å². The van der Waals surface area contributed by atoms with Crippen LogP contribution in [0, 0.1) is 0 Å². The van der Waals surface area contributed by atoms with E-state index in [2.05, 4.69) is 0 Å². The summed E-state index contributed by atoms with van der Waals surface area (Å²) in [7, 11) is -0.673. The first-order chi connectivity index (χ1) is 14.4. The van der Waals surface area contributed by atoms with Crippen LogP contribution in [0.15, 0.2) is 47.1 Å². The standard InChI is InChI=1S/C24H35BO6/c1-9-28-22(27)15-19-12-10-11-13-21(19)29-18(4)16(2)14-20(17(3)26)25-30-23(5,6)24(7,8)31-25/h10-14,18,26H,9,15H2,1-8H3/b16-14+,20-17-/t18-/m1/s1. The van der Waals surface area contributed by atoms with Crippen molar-refractivity contribution in [3.63, 3.8) is 0 Å². The largest absolute Gasteiger partial charge is 0.513 e. The lowest BCUT2D eigenvalue weighted by molar-refractivity contribution is -0.142. The summed E-state index contributed by atoms with van der Waals surface area (Å²) in [6.07, 6.45) is 1.69. The maximum atomic E-state index is 11.9. The first-order valence-electron chi connectivity index (χ1n) is 10.7. The summed E-state index contributed by atoms with van der Waals surface area (Å²) in [5, 5.41) is 10.3. The molecule has 7 heteroatoms. The van der Waals surface area contributed by atoms with Crippen LogP contribution in [-0.2, 0) is 25.3 Å². The number of allylic oxidation sites excluding steroid dienone is 3. The van der Waals surface area contributed by atoms with Crippen molar-refractivity contribution in [2.75, 3.05) is 6.61 Å². The Labute approximate surface area is 186 Å². The highest BCUT2D eigenvalue weighted by atomic mass is 16.7. The molecule has 1 aliphatic rings. The minimum atomic E-state index is -0.673. The van der Waals surface area contributed by atoms with Crippen LogP contribution < -0.4 is 4.74 Å². The number of aliphatic hydroxyl groups is 1. The van der Waals surface area contributed by atoms with Crippen molar-refractivity contribution >= 4 is 13.1 Å². The third-order valence-corrected chi connectivity index (χ3v) is 5.87. The highest BCUT2D eigenvalue weighted by Crippen LogP contribution is 2.39. The lowest BCUT2D eigenvalue weighted by atomic mass is 9.76. The van der Waals surface area contributed by atoms with Gasteiger partial charge in [0, 0.05) is 11.0 Å². The van der Waals surface area contributed by atoms with Gasteiger partial charge >= 0.3 is 13.1 Å². The van der Waals surface area contributed by atoms with Gasteiger partial charge in [0.2, 0.25) is 0 Å². The summed E-state index contributed by atoms with van der Waals surface area (Å²) in [5.74, 6) is 0.464. The highest BCUT2D eigenvalue weighted by Gasteiger charge is 2.52. The first-order valence-corrected chi connectivity index (χ1v) is 10.7. The molecule has 6 nitrogen and oxygen atoms in total. The van der Waals surface area contributed by atoms with Crippen molar-refractivity contribution in [2.45, 2.75) is 79.1 Å². The Kier molecular flexibility index (Phi) is 8.01. The van der Waals surface area contributed by atoms with E-state index in [0.29, 0.717) is 17.8 Å². The van der Waals surface area contributed by atoms with E-state index >= 15 is 0 Å². The number of ether oxygens (including phenoxy) is 2. The second kappa shape index (κ2) is 9.92. The highest BCUT2D eigenvalue weighted by molar-refractivity contribution is 6.55. The number of aliphatic hydroxyl groups excluding tert-OH is 1. The Balaban J connectivity index is 2.20. The Bertz CT molecular complexity index is 835. The van der Waals surface area contributed by atoms with E-state index in [-0.39, 0.29) is 24.3 Å². The Morgan fingerprint density at radius 2 is 1.74 bits per heavy atom. The number of hydrogen-bond donors (Lipinski definition) is 1. The van der Waals surface area contributed by atoms with Crippen LogP contribution in [0.4, 0.5) is 0 Å². The molecule has 1 saturated heterocycles. The fourth-order valence-electron chi connectivity index (χ4n) is 3.09. The van der Waals surface area contributed by atoms with Gasteiger partial charge in [0.25, 0.3) is 0 Å². The average molecular weight is 430 g/mol. The molecule has 1 N–H and O–H groups in total. The van der Waals surface area contributed by atoms with E-state index in [4.69, 9.17) is 18.8 Å². The number of carbonyl (C=O) groups is 1. The maximum absolute atomic E-state index is 11.9. The zero-order chi connectivity index (χ0) is 23.4. The van der Waals surface area contributed by atoms with Crippen molar-refractivity contribution in [3.8, 4) is 5.75 Å². The zero-order valence-corrected chi connectivity index (χ0v) is 19.9. The van der Waals surface area contributed by atoms with Crippen molar-refractivity contribution < 1.29 is 28.7 Å². The predicted octanol–water partition coefficient (Wildman–Crippen LogP) is 4.97.